The van der Waals surface area contributed by atoms with Gasteiger partial charge in [-0.25, -0.2) is 8.78 Å². The highest BCUT2D eigenvalue weighted by atomic mass is 19.2. The summed E-state index contributed by atoms with van der Waals surface area (Å²) in [5.41, 5.74) is 0.214. The quantitative estimate of drug-likeness (QED) is 0.882. The Labute approximate surface area is 118 Å². The number of halogens is 2. The largest absolute Gasteiger partial charge is 0.481 e. The maximum Gasteiger partial charge on any atom is 0.305 e. The summed E-state index contributed by atoms with van der Waals surface area (Å²) >= 11 is 0. The van der Waals surface area contributed by atoms with Gasteiger partial charge >= 0.3 is 5.97 Å². The van der Waals surface area contributed by atoms with E-state index in [-0.39, 0.29) is 24.3 Å². The molecule has 110 valence electrons. The number of amides is 1. The topological polar surface area (TPSA) is 84.2 Å². The molecule has 0 aliphatic rings. The Morgan fingerprint density at radius 1 is 1.24 bits per heavy atom. The van der Waals surface area contributed by atoms with E-state index < -0.39 is 23.5 Å². The van der Waals surface area contributed by atoms with Gasteiger partial charge in [-0.2, -0.15) is 5.10 Å². The van der Waals surface area contributed by atoms with Gasteiger partial charge in [-0.3, -0.25) is 14.3 Å². The molecule has 0 aliphatic heterocycles. The van der Waals surface area contributed by atoms with Gasteiger partial charge in [0.05, 0.1) is 13.0 Å². The van der Waals surface area contributed by atoms with Crippen molar-refractivity contribution in [1.82, 2.24) is 9.78 Å². The molecule has 0 bridgehead atoms. The zero-order chi connectivity index (χ0) is 15.4. The van der Waals surface area contributed by atoms with Crippen LogP contribution in [0.5, 0.6) is 0 Å². The van der Waals surface area contributed by atoms with E-state index in [1.54, 1.807) is 0 Å². The fourth-order valence-electron chi connectivity index (χ4n) is 1.67. The van der Waals surface area contributed by atoms with Crippen LogP contribution in [0.4, 0.5) is 14.5 Å². The number of aromatic nitrogens is 2. The molecule has 1 aromatic carbocycles. The minimum Gasteiger partial charge on any atom is -0.481 e. The van der Waals surface area contributed by atoms with Gasteiger partial charge in [0.15, 0.2) is 11.6 Å². The van der Waals surface area contributed by atoms with Crippen molar-refractivity contribution in [2.45, 2.75) is 13.0 Å². The summed E-state index contributed by atoms with van der Waals surface area (Å²) in [5.74, 6) is -3.70. The molecule has 6 nitrogen and oxygen atoms in total. The number of nitrogens with zero attached hydrogens (tertiary/aromatic N) is 2. The van der Waals surface area contributed by atoms with E-state index in [4.69, 9.17) is 5.11 Å². The Bertz CT molecular complexity index is 685. The first-order valence-corrected chi connectivity index (χ1v) is 5.97. The lowest BCUT2D eigenvalue weighted by Gasteiger charge is -2.07. The van der Waals surface area contributed by atoms with Crippen molar-refractivity contribution in [2.75, 3.05) is 5.32 Å². The number of carboxylic acid groups (broad SMARTS) is 1. The fraction of sp³-hybridized carbons (Fsp3) is 0.154. The van der Waals surface area contributed by atoms with E-state index in [1.807, 2.05) is 0 Å². The van der Waals surface area contributed by atoms with Gasteiger partial charge in [0.2, 0.25) is 0 Å². The second-order valence-electron chi connectivity index (χ2n) is 4.17. The number of carboxylic acids is 1. The summed E-state index contributed by atoms with van der Waals surface area (Å²) in [6, 6.07) is 4.36. The predicted molar refractivity (Wildman–Crippen MR) is 68.8 cm³/mol. The van der Waals surface area contributed by atoms with Crippen LogP contribution >= 0.6 is 0 Å². The highest BCUT2D eigenvalue weighted by molar-refractivity contribution is 6.03. The minimum atomic E-state index is -1.08. The van der Waals surface area contributed by atoms with Gasteiger partial charge in [-0.15, -0.1) is 0 Å². The molecule has 0 unspecified atom stereocenters. The average Bonchev–Trinajstić information content (AvgIpc) is 2.89. The van der Waals surface area contributed by atoms with Crippen molar-refractivity contribution in [3.63, 3.8) is 0 Å². The Morgan fingerprint density at radius 3 is 2.67 bits per heavy atom. The lowest BCUT2D eigenvalue weighted by atomic mass is 10.3. The Morgan fingerprint density at radius 2 is 2.00 bits per heavy atom. The van der Waals surface area contributed by atoms with Gasteiger partial charge in [0.25, 0.3) is 5.91 Å². The van der Waals surface area contributed by atoms with E-state index in [0.717, 1.165) is 12.1 Å². The smallest absolute Gasteiger partial charge is 0.305 e. The number of rotatable bonds is 5. The summed E-state index contributed by atoms with van der Waals surface area (Å²) in [6.07, 6.45) is 1.16. The van der Waals surface area contributed by atoms with Gasteiger partial charge in [-0.05, 0) is 18.2 Å². The summed E-state index contributed by atoms with van der Waals surface area (Å²) in [6.45, 7) is 0.0306. The zero-order valence-electron chi connectivity index (χ0n) is 10.7. The first-order chi connectivity index (χ1) is 9.97. The van der Waals surface area contributed by atoms with Crippen LogP contribution in [0.25, 0.3) is 0 Å². The second-order valence-corrected chi connectivity index (χ2v) is 4.17. The highest BCUT2D eigenvalue weighted by Crippen LogP contribution is 2.14. The van der Waals surface area contributed by atoms with Crippen LogP contribution in [0, 0.1) is 11.6 Å². The summed E-state index contributed by atoms with van der Waals surface area (Å²) in [5, 5.41) is 14.8. The van der Waals surface area contributed by atoms with E-state index in [1.165, 1.54) is 23.0 Å². The van der Waals surface area contributed by atoms with E-state index in [9.17, 15) is 18.4 Å². The van der Waals surface area contributed by atoms with Crippen molar-refractivity contribution in [3.05, 3.63) is 47.8 Å². The maximum absolute atomic E-state index is 13.1. The monoisotopic (exact) mass is 295 g/mol. The van der Waals surface area contributed by atoms with Gasteiger partial charge in [0.1, 0.15) is 5.69 Å². The van der Waals surface area contributed by atoms with Crippen molar-refractivity contribution in [3.8, 4) is 0 Å². The standard InChI is InChI=1S/C13H11F2N3O3/c14-9-2-1-8(7-10(9)15)17-13(21)11-3-5-16-18(11)6-4-12(19)20/h1-3,5,7H,4,6H2,(H,17,21)(H,19,20). The molecule has 1 heterocycles. The molecule has 0 saturated heterocycles. The minimum absolute atomic E-state index is 0.0306. The van der Waals surface area contributed by atoms with Gasteiger partial charge in [-0.1, -0.05) is 0 Å². The number of carbonyl (C=O) groups excluding carboxylic acids is 1. The molecular weight excluding hydrogens is 284 g/mol. The predicted octanol–water partition coefficient (Wildman–Crippen LogP) is 1.89. The molecule has 0 aliphatic carbocycles. The molecule has 0 spiro atoms. The van der Waals surface area contributed by atoms with E-state index in [2.05, 4.69) is 10.4 Å². The molecule has 21 heavy (non-hydrogen) atoms. The lowest BCUT2D eigenvalue weighted by Crippen LogP contribution is -2.19. The molecule has 2 rings (SSSR count). The molecule has 1 aromatic heterocycles. The molecular formula is C13H11F2N3O3. The van der Waals surface area contributed by atoms with Crippen molar-refractivity contribution in [2.24, 2.45) is 0 Å². The molecule has 0 atom stereocenters. The summed E-state index contributed by atoms with van der Waals surface area (Å²) in [4.78, 5) is 22.5. The van der Waals surface area contributed by atoms with Crippen LogP contribution in [-0.4, -0.2) is 26.8 Å². The first kappa shape index (κ1) is 14.6. The number of benzene rings is 1. The molecule has 0 saturated carbocycles. The van der Waals surface area contributed by atoms with Gasteiger partial charge in [0, 0.05) is 18.0 Å². The third kappa shape index (κ3) is 3.62. The number of nitrogens with one attached hydrogen (secondary N) is 1. The molecule has 1 amide bonds. The molecule has 0 radical (unpaired) electrons. The Hall–Kier alpha value is -2.77. The van der Waals surface area contributed by atoms with Crippen LogP contribution in [0.1, 0.15) is 16.9 Å². The van der Waals surface area contributed by atoms with Gasteiger partial charge < -0.3 is 10.4 Å². The number of aliphatic carboxylic acids is 1. The molecule has 2 aromatic rings. The summed E-state index contributed by atoms with van der Waals surface area (Å²) < 4.78 is 27.1. The number of hydrogen-bond acceptors (Lipinski definition) is 3. The highest BCUT2D eigenvalue weighted by Gasteiger charge is 2.14. The molecule has 8 heteroatoms. The summed E-state index contributed by atoms with van der Waals surface area (Å²) in [7, 11) is 0. The third-order valence-corrected chi connectivity index (χ3v) is 2.66. The van der Waals surface area contributed by atoms with E-state index in [0.29, 0.717) is 0 Å². The molecule has 0 fully saturated rings. The Kier molecular flexibility index (Phi) is 4.27. The van der Waals surface area contributed by atoms with Crippen LogP contribution in [0.3, 0.4) is 0 Å². The van der Waals surface area contributed by atoms with E-state index >= 15 is 0 Å². The van der Waals surface area contributed by atoms with Crippen molar-refractivity contribution in [1.29, 1.82) is 0 Å². The van der Waals surface area contributed by atoms with Crippen LogP contribution < -0.4 is 5.32 Å². The SMILES string of the molecule is O=C(O)CCn1nccc1C(=O)Nc1ccc(F)c(F)c1. The zero-order valence-corrected chi connectivity index (χ0v) is 10.7. The van der Waals surface area contributed by atoms with Crippen LogP contribution in [0.15, 0.2) is 30.5 Å². The van der Waals surface area contributed by atoms with Crippen molar-refractivity contribution >= 4 is 17.6 Å². The average molecular weight is 295 g/mol. The number of anilines is 1. The normalized spacial score (nSPS) is 10.4. The van der Waals surface area contributed by atoms with Crippen LogP contribution in [-0.2, 0) is 11.3 Å². The molecule has 2 N–H and O–H groups in total. The third-order valence-electron chi connectivity index (χ3n) is 2.66. The second kappa shape index (κ2) is 6.12. The van der Waals surface area contributed by atoms with Crippen LogP contribution in [0.2, 0.25) is 0 Å². The fourth-order valence-corrected chi connectivity index (χ4v) is 1.67. The number of aryl methyl sites for hydroxylation is 1. The first-order valence-electron chi connectivity index (χ1n) is 5.97. The number of hydrogen-bond donors (Lipinski definition) is 2. The lowest BCUT2D eigenvalue weighted by molar-refractivity contribution is -0.137. The van der Waals surface area contributed by atoms with Crippen molar-refractivity contribution < 1.29 is 23.5 Å². The maximum atomic E-state index is 13.1. The Balaban J connectivity index is 2.11. The number of carbonyl (C=O) groups is 2.